The molecule has 1 aromatic rings. The van der Waals surface area contributed by atoms with Crippen LogP contribution in [0.25, 0.3) is 0 Å². The molecule has 0 atom stereocenters. The SMILES string of the molecule is Cn1ncnc1CC1(C#N)CCCCCCC1. The molecule has 1 aliphatic carbocycles. The predicted octanol–water partition coefficient (Wildman–Crippen LogP) is 2.61. The largest absolute Gasteiger partial charge is 0.253 e. The summed E-state index contributed by atoms with van der Waals surface area (Å²) in [6, 6.07) is 2.57. The van der Waals surface area contributed by atoms with Crippen molar-refractivity contribution in [1.29, 1.82) is 5.26 Å². The normalized spacial score (nSPS) is 20.2. The molecular weight excluding hydrogens is 212 g/mol. The van der Waals surface area contributed by atoms with Gasteiger partial charge in [0.15, 0.2) is 0 Å². The molecule has 1 aliphatic rings. The first-order valence-electron chi connectivity index (χ1n) is 6.50. The van der Waals surface area contributed by atoms with Gasteiger partial charge < -0.3 is 0 Å². The zero-order valence-corrected chi connectivity index (χ0v) is 10.5. The van der Waals surface area contributed by atoms with Crippen LogP contribution in [0.1, 0.15) is 50.8 Å². The minimum atomic E-state index is -0.207. The third-order valence-corrected chi connectivity index (χ3v) is 3.85. The minimum absolute atomic E-state index is 0.207. The monoisotopic (exact) mass is 232 g/mol. The van der Waals surface area contributed by atoms with Crippen molar-refractivity contribution < 1.29 is 0 Å². The molecule has 0 N–H and O–H groups in total. The summed E-state index contributed by atoms with van der Waals surface area (Å²) in [5, 5.41) is 13.6. The first kappa shape index (κ1) is 12.1. The second-order valence-electron chi connectivity index (χ2n) is 5.14. The van der Waals surface area contributed by atoms with Crippen LogP contribution < -0.4 is 0 Å². The molecule has 0 bridgehead atoms. The summed E-state index contributed by atoms with van der Waals surface area (Å²) in [6.45, 7) is 0. The average Bonchev–Trinajstić information content (AvgIpc) is 2.68. The van der Waals surface area contributed by atoms with Gasteiger partial charge in [-0.3, -0.25) is 4.68 Å². The number of rotatable bonds is 2. The summed E-state index contributed by atoms with van der Waals surface area (Å²) in [5.41, 5.74) is -0.207. The third kappa shape index (κ3) is 2.85. The summed E-state index contributed by atoms with van der Waals surface area (Å²) in [5.74, 6) is 0.937. The van der Waals surface area contributed by atoms with E-state index in [4.69, 9.17) is 0 Å². The average molecular weight is 232 g/mol. The highest BCUT2D eigenvalue weighted by Crippen LogP contribution is 2.36. The number of hydrogen-bond donors (Lipinski definition) is 0. The van der Waals surface area contributed by atoms with Gasteiger partial charge in [0.25, 0.3) is 0 Å². The van der Waals surface area contributed by atoms with Crippen LogP contribution in [0.4, 0.5) is 0 Å². The van der Waals surface area contributed by atoms with Crippen LogP contribution in [0, 0.1) is 16.7 Å². The molecule has 0 radical (unpaired) electrons. The second kappa shape index (κ2) is 5.31. The Morgan fingerprint density at radius 3 is 2.47 bits per heavy atom. The van der Waals surface area contributed by atoms with Gasteiger partial charge in [0.2, 0.25) is 0 Å². The van der Waals surface area contributed by atoms with E-state index in [2.05, 4.69) is 16.2 Å². The van der Waals surface area contributed by atoms with Gasteiger partial charge in [-0.1, -0.05) is 32.1 Å². The molecule has 0 saturated heterocycles. The number of hydrogen-bond acceptors (Lipinski definition) is 3. The molecule has 1 heterocycles. The highest BCUT2D eigenvalue weighted by molar-refractivity contribution is 5.05. The van der Waals surface area contributed by atoms with E-state index >= 15 is 0 Å². The highest BCUT2D eigenvalue weighted by Gasteiger charge is 2.32. The fourth-order valence-electron chi connectivity index (χ4n) is 2.69. The molecule has 1 fully saturated rings. The van der Waals surface area contributed by atoms with Crippen LogP contribution in [0.2, 0.25) is 0 Å². The van der Waals surface area contributed by atoms with E-state index < -0.39 is 0 Å². The number of nitriles is 1. The highest BCUT2D eigenvalue weighted by atomic mass is 15.3. The summed E-state index contributed by atoms with van der Waals surface area (Å²) < 4.78 is 1.79. The van der Waals surface area contributed by atoms with Gasteiger partial charge in [-0.15, -0.1) is 0 Å². The van der Waals surface area contributed by atoms with E-state index in [0.29, 0.717) is 0 Å². The van der Waals surface area contributed by atoms with Crippen LogP contribution >= 0.6 is 0 Å². The third-order valence-electron chi connectivity index (χ3n) is 3.85. The molecule has 0 aromatic carbocycles. The van der Waals surface area contributed by atoms with Crippen LogP contribution in [-0.2, 0) is 13.5 Å². The maximum atomic E-state index is 9.54. The van der Waals surface area contributed by atoms with Gasteiger partial charge >= 0.3 is 0 Å². The Morgan fingerprint density at radius 1 is 1.29 bits per heavy atom. The fraction of sp³-hybridized carbons (Fsp3) is 0.769. The predicted molar refractivity (Wildman–Crippen MR) is 65.1 cm³/mol. The zero-order chi connectivity index (χ0) is 12.1. The number of aromatic nitrogens is 3. The Bertz CT molecular complexity index is 394. The van der Waals surface area contributed by atoms with Gasteiger partial charge in [-0.05, 0) is 12.8 Å². The Morgan fingerprint density at radius 2 is 1.94 bits per heavy atom. The van der Waals surface area contributed by atoms with Crippen molar-refractivity contribution in [3.05, 3.63) is 12.2 Å². The first-order valence-corrected chi connectivity index (χ1v) is 6.50. The van der Waals surface area contributed by atoms with Gasteiger partial charge in [-0.2, -0.15) is 10.4 Å². The van der Waals surface area contributed by atoms with Crippen molar-refractivity contribution in [2.45, 2.75) is 51.4 Å². The summed E-state index contributed by atoms with van der Waals surface area (Å²) in [6.07, 6.45) is 10.5. The maximum absolute atomic E-state index is 9.54. The molecule has 2 rings (SSSR count). The Balaban J connectivity index is 2.12. The molecule has 4 heteroatoms. The maximum Gasteiger partial charge on any atom is 0.138 e. The van der Waals surface area contributed by atoms with Crippen molar-refractivity contribution in [2.75, 3.05) is 0 Å². The van der Waals surface area contributed by atoms with Crippen LogP contribution in [0.3, 0.4) is 0 Å². The Hall–Kier alpha value is -1.37. The van der Waals surface area contributed by atoms with Gasteiger partial charge in [-0.25, -0.2) is 4.98 Å². The lowest BCUT2D eigenvalue weighted by Gasteiger charge is -2.28. The van der Waals surface area contributed by atoms with E-state index in [-0.39, 0.29) is 5.41 Å². The van der Waals surface area contributed by atoms with Gasteiger partial charge in [0.05, 0.1) is 11.5 Å². The Labute approximate surface area is 103 Å². The standard InChI is InChI=1S/C13H20N4/c1-17-12(15-11-16-17)9-13(10-14)7-5-3-2-4-6-8-13/h11H,2-9H2,1H3. The summed E-state index contributed by atoms with van der Waals surface area (Å²) in [7, 11) is 1.90. The van der Waals surface area contributed by atoms with Crippen molar-refractivity contribution in [1.82, 2.24) is 14.8 Å². The molecule has 17 heavy (non-hydrogen) atoms. The second-order valence-corrected chi connectivity index (χ2v) is 5.14. The molecule has 0 unspecified atom stereocenters. The molecule has 0 aliphatic heterocycles. The smallest absolute Gasteiger partial charge is 0.138 e. The summed E-state index contributed by atoms with van der Waals surface area (Å²) in [4.78, 5) is 4.26. The van der Waals surface area contributed by atoms with E-state index in [1.807, 2.05) is 7.05 Å². The van der Waals surface area contributed by atoms with Crippen molar-refractivity contribution in [3.63, 3.8) is 0 Å². The number of nitrogens with zero attached hydrogens (tertiary/aromatic N) is 4. The quantitative estimate of drug-likeness (QED) is 0.787. The lowest BCUT2D eigenvalue weighted by atomic mass is 9.75. The van der Waals surface area contributed by atoms with Gasteiger partial charge in [0, 0.05) is 13.5 Å². The lowest BCUT2D eigenvalue weighted by Crippen LogP contribution is -2.24. The Kier molecular flexibility index (Phi) is 3.78. The molecular formula is C13H20N4. The summed E-state index contributed by atoms with van der Waals surface area (Å²) >= 11 is 0. The topological polar surface area (TPSA) is 54.5 Å². The fourth-order valence-corrected chi connectivity index (χ4v) is 2.69. The molecule has 4 nitrogen and oxygen atoms in total. The lowest BCUT2D eigenvalue weighted by molar-refractivity contribution is 0.279. The van der Waals surface area contributed by atoms with Crippen molar-refractivity contribution in [2.24, 2.45) is 12.5 Å². The van der Waals surface area contributed by atoms with Crippen molar-refractivity contribution in [3.8, 4) is 6.07 Å². The van der Waals surface area contributed by atoms with E-state index in [9.17, 15) is 5.26 Å². The van der Waals surface area contributed by atoms with Crippen LogP contribution in [-0.4, -0.2) is 14.8 Å². The van der Waals surface area contributed by atoms with E-state index in [0.717, 1.165) is 25.1 Å². The van der Waals surface area contributed by atoms with Crippen molar-refractivity contribution >= 4 is 0 Å². The molecule has 0 amide bonds. The minimum Gasteiger partial charge on any atom is -0.253 e. The molecule has 1 saturated carbocycles. The number of aryl methyl sites for hydroxylation is 1. The van der Waals surface area contributed by atoms with E-state index in [1.54, 1.807) is 11.0 Å². The van der Waals surface area contributed by atoms with E-state index in [1.165, 1.54) is 32.1 Å². The van der Waals surface area contributed by atoms with Crippen LogP contribution in [0.15, 0.2) is 6.33 Å². The zero-order valence-electron chi connectivity index (χ0n) is 10.5. The van der Waals surface area contributed by atoms with Crippen LogP contribution in [0.5, 0.6) is 0 Å². The molecule has 0 spiro atoms. The molecule has 1 aromatic heterocycles. The first-order chi connectivity index (χ1) is 8.26. The molecule has 92 valence electrons. The van der Waals surface area contributed by atoms with Gasteiger partial charge in [0.1, 0.15) is 12.2 Å².